The number of hydrogen-bond donors (Lipinski definition) is 0. The first-order valence-electron chi connectivity index (χ1n) is 7.16. The number of allylic oxidation sites excluding steroid dienone is 1. The molecule has 0 amide bonds. The van der Waals surface area contributed by atoms with Crippen molar-refractivity contribution in [2.75, 3.05) is 0 Å². The first-order valence-corrected chi connectivity index (χ1v) is 7.54. The topological polar surface area (TPSA) is 17.1 Å². The average Bonchev–Trinajstić information content (AvgIpc) is 2.44. The van der Waals surface area contributed by atoms with Crippen LogP contribution in [0.2, 0.25) is 5.02 Å². The Balaban J connectivity index is 2.05. The number of ketones is 1. The maximum absolute atomic E-state index is 12.7. The molecule has 0 spiro atoms. The van der Waals surface area contributed by atoms with Gasteiger partial charge in [0.15, 0.2) is 5.78 Å². The van der Waals surface area contributed by atoms with E-state index >= 15 is 0 Å². The summed E-state index contributed by atoms with van der Waals surface area (Å²) in [5, 5.41) is 0.684. The van der Waals surface area contributed by atoms with Gasteiger partial charge in [-0.1, -0.05) is 41.4 Å². The first kappa shape index (κ1) is 14.1. The first-order chi connectivity index (χ1) is 10.1. The summed E-state index contributed by atoms with van der Waals surface area (Å²) >= 11 is 6.19. The second-order valence-electron chi connectivity index (χ2n) is 5.63. The Kier molecular flexibility index (Phi) is 3.69. The normalized spacial score (nSPS) is 16.1. The van der Waals surface area contributed by atoms with Gasteiger partial charge in [0, 0.05) is 16.2 Å². The van der Waals surface area contributed by atoms with Crippen molar-refractivity contribution in [1.82, 2.24) is 0 Å². The minimum Gasteiger partial charge on any atom is -0.289 e. The van der Waals surface area contributed by atoms with Crippen molar-refractivity contribution >= 4 is 23.5 Å². The van der Waals surface area contributed by atoms with Crippen LogP contribution in [0, 0.1) is 13.8 Å². The molecular formula is C19H17ClO. The summed E-state index contributed by atoms with van der Waals surface area (Å²) in [6.07, 6.45) is 3.63. The van der Waals surface area contributed by atoms with Crippen LogP contribution in [0.3, 0.4) is 0 Å². The highest BCUT2D eigenvalue weighted by Gasteiger charge is 2.23. The Morgan fingerprint density at radius 1 is 1.10 bits per heavy atom. The molecule has 0 atom stereocenters. The molecule has 0 heterocycles. The molecule has 106 valence electrons. The molecule has 2 aromatic carbocycles. The van der Waals surface area contributed by atoms with Gasteiger partial charge in [-0.25, -0.2) is 0 Å². The summed E-state index contributed by atoms with van der Waals surface area (Å²) in [6, 6.07) is 11.8. The summed E-state index contributed by atoms with van der Waals surface area (Å²) in [5.41, 5.74) is 6.17. The van der Waals surface area contributed by atoms with E-state index in [1.807, 2.05) is 43.3 Å². The Morgan fingerprint density at radius 3 is 2.62 bits per heavy atom. The molecule has 0 aromatic heterocycles. The van der Waals surface area contributed by atoms with E-state index in [1.165, 1.54) is 11.1 Å². The van der Waals surface area contributed by atoms with Crippen molar-refractivity contribution in [2.45, 2.75) is 26.7 Å². The van der Waals surface area contributed by atoms with Gasteiger partial charge in [0.2, 0.25) is 0 Å². The monoisotopic (exact) mass is 296 g/mol. The van der Waals surface area contributed by atoms with Crippen LogP contribution in [-0.2, 0) is 6.42 Å². The lowest BCUT2D eigenvalue weighted by Crippen LogP contribution is -2.15. The summed E-state index contributed by atoms with van der Waals surface area (Å²) in [4.78, 5) is 12.7. The number of benzene rings is 2. The summed E-state index contributed by atoms with van der Waals surface area (Å²) in [7, 11) is 0. The number of carbonyl (C=O) groups excluding carboxylic acids is 1. The largest absolute Gasteiger partial charge is 0.289 e. The predicted molar refractivity (Wildman–Crippen MR) is 88.0 cm³/mol. The van der Waals surface area contributed by atoms with Crippen LogP contribution < -0.4 is 0 Å². The molecule has 0 bridgehead atoms. The van der Waals surface area contributed by atoms with Crippen LogP contribution in [0.1, 0.15) is 39.0 Å². The summed E-state index contributed by atoms with van der Waals surface area (Å²) < 4.78 is 0. The molecule has 0 unspecified atom stereocenters. The lowest BCUT2D eigenvalue weighted by Gasteiger charge is -2.20. The van der Waals surface area contributed by atoms with Gasteiger partial charge in [-0.15, -0.1) is 0 Å². The SMILES string of the molecule is Cc1cc(C)c2c(c1)C(=O)/C(=C/c1ccccc1Cl)CC2. The van der Waals surface area contributed by atoms with E-state index in [1.54, 1.807) is 0 Å². The third-order valence-corrected chi connectivity index (χ3v) is 4.38. The quantitative estimate of drug-likeness (QED) is 0.664. The van der Waals surface area contributed by atoms with Gasteiger partial charge in [-0.05, 0) is 61.6 Å². The zero-order valence-corrected chi connectivity index (χ0v) is 13.0. The van der Waals surface area contributed by atoms with Crippen molar-refractivity contribution < 1.29 is 4.79 Å². The van der Waals surface area contributed by atoms with Crippen LogP contribution in [0.15, 0.2) is 42.0 Å². The van der Waals surface area contributed by atoms with Crippen LogP contribution >= 0.6 is 11.6 Å². The molecule has 2 aromatic rings. The highest BCUT2D eigenvalue weighted by Crippen LogP contribution is 2.30. The van der Waals surface area contributed by atoms with Gasteiger partial charge in [0.25, 0.3) is 0 Å². The van der Waals surface area contributed by atoms with Gasteiger partial charge < -0.3 is 0 Å². The van der Waals surface area contributed by atoms with Crippen molar-refractivity contribution in [2.24, 2.45) is 0 Å². The molecule has 0 fully saturated rings. The highest BCUT2D eigenvalue weighted by atomic mass is 35.5. The molecule has 0 saturated heterocycles. The highest BCUT2D eigenvalue weighted by molar-refractivity contribution is 6.32. The van der Waals surface area contributed by atoms with Crippen LogP contribution in [0.25, 0.3) is 6.08 Å². The van der Waals surface area contributed by atoms with Crippen molar-refractivity contribution in [3.63, 3.8) is 0 Å². The van der Waals surface area contributed by atoms with Crippen LogP contribution in [0.4, 0.5) is 0 Å². The van der Waals surface area contributed by atoms with Crippen molar-refractivity contribution in [3.8, 4) is 0 Å². The molecule has 1 nitrogen and oxygen atoms in total. The van der Waals surface area contributed by atoms with Crippen molar-refractivity contribution in [3.05, 3.63) is 74.8 Å². The van der Waals surface area contributed by atoms with Crippen LogP contribution in [0.5, 0.6) is 0 Å². The fourth-order valence-corrected chi connectivity index (χ4v) is 3.19. The second kappa shape index (κ2) is 5.50. The molecule has 2 heteroatoms. The lowest BCUT2D eigenvalue weighted by molar-refractivity contribution is 0.102. The average molecular weight is 297 g/mol. The van der Waals surface area contributed by atoms with Crippen molar-refractivity contribution in [1.29, 1.82) is 0 Å². The molecule has 3 rings (SSSR count). The van der Waals surface area contributed by atoms with E-state index in [9.17, 15) is 4.79 Å². The maximum Gasteiger partial charge on any atom is 0.189 e. The second-order valence-corrected chi connectivity index (χ2v) is 6.04. The molecule has 1 aliphatic carbocycles. The van der Waals surface area contributed by atoms with Gasteiger partial charge in [0.05, 0.1) is 0 Å². The number of hydrogen-bond acceptors (Lipinski definition) is 1. The maximum atomic E-state index is 12.7. The Bertz CT molecular complexity index is 756. The molecule has 0 radical (unpaired) electrons. The van der Waals surface area contributed by atoms with Gasteiger partial charge in [-0.3, -0.25) is 4.79 Å². The Hall–Kier alpha value is -1.86. The standard InChI is InChI=1S/C19H17ClO/c1-12-9-13(2)16-8-7-15(19(21)17(16)10-12)11-14-5-3-4-6-18(14)20/h3-6,9-11H,7-8H2,1-2H3/b15-11+. The van der Waals surface area contributed by atoms with E-state index in [2.05, 4.69) is 13.0 Å². The Morgan fingerprint density at radius 2 is 1.86 bits per heavy atom. The van der Waals surface area contributed by atoms with E-state index < -0.39 is 0 Å². The summed E-state index contributed by atoms with van der Waals surface area (Å²) in [6.45, 7) is 4.12. The minimum absolute atomic E-state index is 0.142. The summed E-state index contributed by atoms with van der Waals surface area (Å²) in [5.74, 6) is 0.142. The van der Waals surface area contributed by atoms with Gasteiger partial charge in [-0.2, -0.15) is 0 Å². The van der Waals surface area contributed by atoms with Gasteiger partial charge in [0.1, 0.15) is 0 Å². The zero-order valence-electron chi connectivity index (χ0n) is 12.2. The molecule has 21 heavy (non-hydrogen) atoms. The van der Waals surface area contributed by atoms with E-state index in [4.69, 9.17) is 11.6 Å². The number of Topliss-reactive ketones (excluding diaryl/α,β-unsaturated/α-hetero) is 1. The van der Waals surface area contributed by atoms with E-state index in [-0.39, 0.29) is 5.78 Å². The minimum atomic E-state index is 0.142. The molecular weight excluding hydrogens is 280 g/mol. The van der Waals surface area contributed by atoms with Gasteiger partial charge >= 0.3 is 0 Å². The fraction of sp³-hybridized carbons (Fsp3) is 0.211. The number of halogens is 1. The zero-order chi connectivity index (χ0) is 15.0. The number of rotatable bonds is 1. The third kappa shape index (κ3) is 2.66. The number of fused-ring (bicyclic) bond motifs is 1. The number of carbonyl (C=O) groups is 1. The molecule has 0 N–H and O–H groups in total. The molecule has 0 saturated carbocycles. The number of aryl methyl sites for hydroxylation is 2. The Labute approximate surface area is 130 Å². The smallest absolute Gasteiger partial charge is 0.189 e. The molecule has 0 aliphatic heterocycles. The molecule has 1 aliphatic rings. The van der Waals surface area contributed by atoms with Crippen LogP contribution in [-0.4, -0.2) is 5.78 Å². The predicted octanol–water partition coefficient (Wildman–Crippen LogP) is 5.17. The van der Waals surface area contributed by atoms with E-state index in [0.717, 1.165) is 35.1 Å². The third-order valence-electron chi connectivity index (χ3n) is 4.03. The lowest BCUT2D eigenvalue weighted by atomic mass is 9.83. The fourth-order valence-electron chi connectivity index (χ4n) is 3.00. The van der Waals surface area contributed by atoms with E-state index in [0.29, 0.717) is 5.02 Å².